The van der Waals surface area contributed by atoms with Gasteiger partial charge in [-0.1, -0.05) is 60.6 Å². The van der Waals surface area contributed by atoms with Crippen LogP contribution < -0.4 is 0 Å². The molecule has 0 aromatic rings. The third-order valence-electron chi connectivity index (χ3n) is 6.64. The van der Waals surface area contributed by atoms with Gasteiger partial charge in [0, 0.05) is 0 Å². The summed E-state index contributed by atoms with van der Waals surface area (Å²) in [7, 11) is -3.87. The topological polar surface area (TPSA) is 27.7 Å². The van der Waals surface area contributed by atoms with E-state index in [0.717, 1.165) is 0 Å². The molecule has 0 aromatic carbocycles. The number of hydrogen-bond acceptors (Lipinski definition) is 3. The van der Waals surface area contributed by atoms with Gasteiger partial charge in [-0.15, -0.1) is 17.9 Å². The van der Waals surface area contributed by atoms with Crippen LogP contribution in [0, 0.1) is 23.8 Å². The zero-order chi connectivity index (χ0) is 22.2. The predicted molar refractivity (Wildman–Crippen MR) is 124 cm³/mol. The molecule has 0 spiro atoms. The molecule has 1 aliphatic heterocycles. The standard InChI is InChI=1S/C23H42O3Si2/c1-14-23(19-18-24-22(8,9)25-19,26-28(12,13)21(5,6)7)16-15-17-27(10,11)20(2,3)4/h1,19H,16,18H2,2-13H3/t19-,23-/m1/s1. The first kappa shape index (κ1) is 25.5. The fourth-order valence-corrected chi connectivity index (χ4v) is 4.88. The van der Waals surface area contributed by atoms with E-state index in [0.29, 0.717) is 13.0 Å². The lowest BCUT2D eigenvalue weighted by Crippen LogP contribution is -2.55. The van der Waals surface area contributed by atoms with Crippen molar-refractivity contribution in [3.8, 4) is 23.8 Å². The molecule has 0 aromatic heterocycles. The van der Waals surface area contributed by atoms with Crippen molar-refractivity contribution in [2.75, 3.05) is 6.61 Å². The summed E-state index contributed by atoms with van der Waals surface area (Å²) in [6, 6.07) is 0. The largest absolute Gasteiger partial charge is 0.398 e. The molecule has 0 N–H and O–H groups in total. The van der Waals surface area contributed by atoms with E-state index in [4.69, 9.17) is 20.3 Å². The van der Waals surface area contributed by atoms with Crippen molar-refractivity contribution in [3.05, 3.63) is 0 Å². The van der Waals surface area contributed by atoms with Crippen molar-refractivity contribution in [2.45, 2.75) is 116 Å². The quantitative estimate of drug-likeness (QED) is 0.412. The lowest BCUT2D eigenvalue weighted by atomic mass is 9.94. The van der Waals surface area contributed by atoms with E-state index in [2.05, 4.69) is 85.1 Å². The Morgan fingerprint density at radius 3 is 1.93 bits per heavy atom. The second-order valence-corrected chi connectivity index (χ2v) is 21.3. The Bertz CT molecular complexity index is 663. The monoisotopic (exact) mass is 422 g/mol. The second kappa shape index (κ2) is 7.93. The molecule has 1 saturated heterocycles. The average molecular weight is 423 g/mol. The smallest absolute Gasteiger partial charge is 0.194 e. The first-order valence-electron chi connectivity index (χ1n) is 10.3. The van der Waals surface area contributed by atoms with Gasteiger partial charge in [-0.25, -0.2) is 0 Å². The molecular formula is C23H42O3Si2. The molecule has 0 bridgehead atoms. The lowest BCUT2D eigenvalue weighted by molar-refractivity contribution is -0.157. The summed E-state index contributed by atoms with van der Waals surface area (Å²) in [5.74, 6) is 5.75. The van der Waals surface area contributed by atoms with E-state index >= 15 is 0 Å². The van der Waals surface area contributed by atoms with Gasteiger partial charge in [0.15, 0.2) is 19.7 Å². The molecule has 0 amide bonds. The molecule has 1 heterocycles. The van der Waals surface area contributed by atoms with E-state index in [1.807, 2.05) is 13.8 Å². The fourth-order valence-electron chi connectivity index (χ4n) is 2.50. The zero-order valence-electron chi connectivity index (χ0n) is 20.3. The Morgan fingerprint density at radius 2 is 1.57 bits per heavy atom. The van der Waals surface area contributed by atoms with E-state index in [-0.39, 0.29) is 16.2 Å². The van der Waals surface area contributed by atoms with Gasteiger partial charge < -0.3 is 13.9 Å². The van der Waals surface area contributed by atoms with Crippen molar-refractivity contribution in [2.24, 2.45) is 0 Å². The van der Waals surface area contributed by atoms with Crippen LogP contribution in [-0.4, -0.2) is 40.5 Å². The molecule has 0 saturated carbocycles. The Morgan fingerprint density at radius 1 is 1.04 bits per heavy atom. The van der Waals surface area contributed by atoms with Gasteiger partial charge in [0.2, 0.25) is 0 Å². The highest BCUT2D eigenvalue weighted by atomic mass is 28.4. The molecule has 28 heavy (non-hydrogen) atoms. The fraction of sp³-hybridized carbons (Fsp3) is 0.826. The van der Waals surface area contributed by atoms with Gasteiger partial charge in [0.05, 0.1) is 13.0 Å². The normalized spacial score (nSPS) is 22.8. The molecule has 0 aliphatic carbocycles. The maximum Gasteiger partial charge on any atom is 0.194 e. The van der Waals surface area contributed by atoms with Gasteiger partial charge in [-0.2, -0.15) is 0 Å². The number of rotatable bonds is 4. The Hall–Kier alpha value is -0.566. The Labute approximate surface area is 176 Å². The maximum atomic E-state index is 6.83. The van der Waals surface area contributed by atoms with Crippen LogP contribution in [0.4, 0.5) is 0 Å². The van der Waals surface area contributed by atoms with Gasteiger partial charge in [0.1, 0.15) is 14.2 Å². The van der Waals surface area contributed by atoms with Crippen LogP contribution in [-0.2, 0) is 13.9 Å². The van der Waals surface area contributed by atoms with Crippen LogP contribution in [0.25, 0.3) is 0 Å². The average Bonchev–Trinajstić information content (AvgIpc) is 2.84. The van der Waals surface area contributed by atoms with E-state index < -0.39 is 27.8 Å². The highest BCUT2D eigenvalue weighted by Gasteiger charge is 2.52. The summed E-state index contributed by atoms with van der Waals surface area (Å²) in [6.45, 7) is 26.8. The minimum atomic E-state index is -2.14. The molecule has 160 valence electrons. The third kappa shape index (κ3) is 5.74. The highest BCUT2D eigenvalue weighted by Crippen LogP contribution is 2.43. The summed E-state index contributed by atoms with van der Waals surface area (Å²) in [4.78, 5) is 0. The number of hydrogen-bond donors (Lipinski definition) is 0. The lowest BCUT2D eigenvalue weighted by Gasteiger charge is -2.44. The van der Waals surface area contributed by atoms with Gasteiger partial charge in [-0.3, -0.25) is 0 Å². The summed E-state index contributed by atoms with van der Waals surface area (Å²) < 4.78 is 18.9. The number of terminal acetylenes is 1. The Kier molecular flexibility index (Phi) is 7.21. The van der Waals surface area contributed by atoms with E-state index in [9.17, 15) is 0 Å². The first-order valence-corrected chi connectivity index (χ1v) is 16.2. The van der Waals surface area contributed by atoms with Crippen LogP contribution in [0.3, 0.4) is 0 Å². The van der Waals surface area contributed by atoms with Crippen molar-refractivity contribution < 1.29 is 13.9 Å². The third-order valence-corrected chi connectivity index (χ3v) is 15.7. The van der Waals surface area contributed by atoms with Crippen molar-refractivity contribution in [1.82, 2.24) is 0 Å². The van der Waals surface area contributed by atoms with Crippen LogP contribution in [0.2, 0.25) is 36.3 Å². The Balaban J connectivity index is 3.32. The molecular weight excluding hydrogens is 380 g/mol. The van der Waals surface area contributed by atoms with Gasteiger partial charge in [0.25, 0.3) is 0 Å². The van der Waals surface area contributed by atoms with Crippen molar-refractivity contribution in [3.63, 3.8) is 0 Å². The molecule has 0 unspecified atom stereocenters. The first-order chi connectivity index (χ1) is 12.3. The molecule has 1 fully saturated rings. The van der Waals surface area contributed by atoms with Crippen LogP contribution >= 0.6 is 0 Å². The minimum Gasteiger partial charge on any atom is -0.398 e. The number of ether oxygens (including phenoxy) is 2. The predicted octanol–water partition coefficient (Wildman–Crippen LogP) is 5.97. The zero-order valence-corrected chi connectivity index (χ0v) is 22.3. The van der Waals surface area contributed by atoms with E-state index in [1.54, 1.807) is 0 Å². The molecule has 1 aliphatic rings. The molecule has 3 nitrogen and oxygen atoms in total. The van der Waals surface area contributed by atoms with Crippen LogP contribution in [0.15, 0.2) is 0 Å². The SMILES string of the molecule is C#C[C@](CC#C[Si](C)(C)C(C)(C)C)(O[Si](C)(C)C(C)(C)C)[C@H]1COC(C)(C)O1. The van der Waals surface area contributed by atoms with Crippen molar-refractivity contribution in [1.29, 1.82) is 0 Å². The molecule has 0 radical (unpaired) electrons. The minimum absolute atomic E-state index is 0.0386. The van der Waals surface area contributed by atoms with Gasteiger partial charge >= 0.3 is 0 Å². The molecule has 2 atom stereocenters. The van der Waals surface area contributed by atoms with Crippen LogP contribution in [0.1, 0.15) is 61.8 Å². The molecule has 5 heteroatoms. The summed E-state index contributed by atoms with van der Waals surface area (Å²) in [5, 5.41) is 0.241. The summed E-state index contributed by atoms with van der Waals surface area (Å²) in [5.41, 5.74) is 2.69. The van der Waals surface area contributed by atoms with Crippen molar-refractivity contribution >= 4 is 16.4 Å². The van der Waals surface area contributed by atoms with Gasteiger partial charge in [-0.05, 0) is 37.0 Å². The highest BCUT2D eigenvalue weighted by molar-refractivity contribution is 6.87. The summed E-state index contributed by atoms with van der Waals surface area (Å²) >= 11 is 0. The summed E-state index contributed by atoms with van der Waals surface area (Å²) in [6.07, 6.45) is 6.26. The van der Waals surface area contributed by atoms with Crippen LogP contribution in [0.5, 0.6) is 0 Å². The van der Waals surface area contributed by atoms with E-state index in [1.165, 1.54) is 0 Å². The molecule has 1 rings (SSSR count). The maximum absolute atomic E-state index is 6.83. The second-order valence-electron chi connectivity index (χ2n) is 11.6.